The smallest absolute Gasteiger partial charge is 0.375 e. The Morgan fingerprint density at radius 1 is 0.895 bits per heavy atom. The number of hydrogen-bond acceptors (Lipinski definition) is 5. The Labute approximate surface area is 217 Å². The molecular formula is C28H27F3N4O3. The average molecular weight is 525 g/mol. The summed E-state index contributed by atoms with van der Waals surface area (Å²) in [6.07, 6.45) is -3.69. The number of non-ortho nitro benzene ring substituents is 1. The normalized spacial score (nSPS) is 16.5. The predicted octanol–water partition coefficient (Wildman–Crippen LogP) is 5.17. The van der Waals surface area contributed by atoms with Crippen LogP contribution >= 0.6 is 0 Å². The first-order valence-corrected chi connectivity index (χ1v) is 12.3. The Kier molecular flexibility index (Phi) is 6.85. The van der Waals surface area contributed by atoms with Crippen LogP contribution in [0.1, 0.15) is 11.1 Å². The third-order valence-corrected chi connectivity index (χ3v) is 7.13. The molecule has 0 spiro atoms. The molecule has 38 heavy (non-hydrogen) atoms. The Morgan fingerprint density at radius 3 is 2.13 bits per heavy atom. The van der Waals surface area contributed by atoms with Crippen molar-refractivity contribution in [2.45, 2.75) is 18.3 Å². The van der Waals surface area contributed by atoms with E-state index in [1.807, 2.05) is 60.7 Å². The molecule has 5 rings (SSSR count). The number of nitrogens with zero attached hydrogens (tertiary/aromatic N) is 4. The fourth-order valence-electron chi connectivity index (χ4n) is 5.09. The summed E-state index contributed by atoms with van der Waals surface area (Å²) in [4.78, 5) is 14.6. The number of hydrogen-bond donors (Lipinski definition) is 1. The summed E-state index contributed by atoms with van der Waals surface area (Å²) in [5, 5.41) is 22.9. The first kappa shape index (κ1) is 25.7. The number of fused-ring (bicyclic) bond motifs is 1. The van der Waals surface area contributed by atoms with Crippen molar-refractivity contribution in [3.8, 4) is 0 Å². The van der Waals surface area contributed by atoms with Crippen LogP contribution in [0.25, 0.3) is 10.9 Å². The van der Waals surface area contributed by atoms with Crippen molar-refractivity contribution in [3.05, 3.63) is 106 Å². The van der Waals surface area contributed by atoms with Gasteiger partial charge in [-0.3, -0.25) is 15.0 Å². The summed E-state index contributed by atoms with van der Waals surface area (Å²) < 4.78 is 45.5. The highest BCUT2D eigenvalue weighted by atomic mass is 19.4. The molecule has 0 radical (unpaired) electrons. The van der Waals surface area contributed by atoms with Crippen molar-refractivity contribution in [2.75, 3.05) is 37.6 Å². The van der Waals surface area contributed by atoms with E-state index in [-0.39, 0.29) is 28.7 Å². The van der Waals surface area contributed by atoms with Crippen LogP contribution in [-0.2, 0) is 12.1 Å². The highest BCUT2D eigenvalue weighted by Crippen LogP contribution is 2.44. The number of nitro benzene ring substituents is 1. The molecule has 1 unspecified atom stereocenters. The molecule has 4 aromatic rings. The van der Waals surface area contributed by atoms with Crippen LogP contribution in [-0.4, -0.2) is 58.4 Å². The van der Waals surface area contributed by atoms with Gasteiger partial charge in [-0.05, 0) is 23.8 Å². The average Bonchev–Trinajstić information content (AvgIpc) is 3.27. The summed E-state index contributed by atoms with van der Waals surface area (Å²) >= 11 is 0. The zero-order valence-electron chi connectivity index (χ0n) is 20.5. The summed E-state index contributed by atoms with van der Waals surface area (Å²) in [6.45, 7) is 1.31. The van der Waals surface area contributed by atoms with Crippen molar-refractivity contribution in [2.24, 2.45) is 0 Å². The molecule has 0 aliphatic carbocycles. The van der Waals surface area contributed by atoms with Crippen LogP contribution < -0.4 is 4.90 Å². The SMILES string of the molecule is O=[N+]([O-])c1ccc2c(C(O)(CN3CCN(c4ccccc4)CC3)C(F)(F)F)cn(Cc3ccccc3)c2c1. The number of nitro groups is 1. The number of benzene rings is 3. The van der Waals surface area contributed by atoms with Gasteiger partial charge in [0.25, 0.3) is 5.69 Å². The zero-order chi connectivity index (χ0) is 26.9. The van der Waals surface area contributed by atoms with Crippen molar-refractivity contribution in [1.29, 1.82) is 0 Å². The summed E-state index contributed by atoms with van der Waals surface area (Å²) in [6, 6.07) is 22.5. The van der Waals surface area contributed by atoms with Gasteiger partial charge in [-0.15, -0.1) is 0 Å². The highest BCUT2D eigenvalue weighted by molar-refractivity contribution is 5.87. The van der Waals surface area contributed by atoms with Crippen molar-refractivity contribution < 1.29 is 23.2 Å². The molecule has 10 heteroatoms. The third-order valence-electron chi connectivity index (χ3n) is 7.13. The topological polar surface area (TPSA) is 74.8 Å². The number of halogens is 3. The van der Waals surface area contributed by atoms with Crippen molar-refractivity contribution in [3.63, 3.8) is 0 Å². The second-order valence-corrected chi connectivity index (χ2v) is 9.57. The lowest BCUT2D eigenvalue weighted by Gasteiger charge is -2.40. The minimum atomic E-state index is -4.98. The number of rotatable bonds is 7. The maximum atomic E-state index is 14.7. The van der Waals surface area contributed by atoms with Crippen molar-refractivity contribution >= 4 is 22.3 Å². The van der Waals surface area contributed by atoms with E-state index in [2.05, 4.69) is 4.90 Å². The highest BCUT2D eigenvalue weighted by Gasteiger charge is 2.57. The number of para-hydroxylation sites is 1. The third kappa shape index (κ3) is 4.97. The molecule has 198 valence electrons. The molecule has 1 atom stereocenters. The second-order valence-electron chi connectivity index (χ2n) is 9.57. The fraction of sp³-hybridized carbons (Fsp3) is 0.286. The van der Waals surface area contributed by atoms with Gasteiger partial charge in [0.15, 0.2) is 0 Å². The number of alkyl halides is 3. The van der Waals surface area contributed by atoms with Gasteiger partial charge in [0.05, 0.1) is 10.4 Å². The molecule has 1 aromatic heterocycles. The Balaban J connectivity index is 1.50. The molecule has 1 saturated heterocycles. The summed E-state index contributed by atoms with van der Waals surface area (Å²) in [5.41, 5.74) is -1.63. The monoisotopic (exact) mass is 524 g/mol. The van der Waals surface area contributed by atoms with Crippen LogP contribution in [0.4, 0.5) is 24.5 Å². The van der Waals surface area contributed by atoms with Gasteiger partial charge in [0, 0.05) is 74.2 Å². The van der Waals surface area contributed by atoms with E-state index in [1.165, 1.54) is 29.0 Å². The molecule has 1 aliphatic heterocycles. The quantitative estimate of drug-likeness (QED) is 0.267. The standard InChI is InChI=1S/C28H27F3N4O3/c29-28(30,31)27(36,20-32-13-15-33(16-14-32)22-9-5-2-6-10-22)25-19-34(18-21-7-3-1-4-8-21)26-17-23(35(37)38)11-12-24(25)26/h1-12,17,19,36H,13-16,18,20H2. The number of aliphatic hydroxyl groups is 1. The Hall–Kier alpha value is -3.89. The van der Waals surface area contributed by atoms with Gasteiger partial charge >= 0.3 is 6.18 Å². The molecule has 7 nitrogen and oxygen atoms in total. The van der Waals surface area contributed by atoms with E-state index in [1.54, 1.807) is 4.90 Å². The van der Waals surface area contributed by atoms with E-state index >= 15 is 0 Å². The van der Waals surface area contributed by atoms with Crippen molar-refractivity contribution in [1.82, 2.24) is 9.47 Å². The van der Waals surface area contributed by atoms with Crippen LogP contribution in [0.15, 0.2) is 85.1 Å². The fourth-order valence-corrected chi connectivity index (χ4v) is 5.09. The van der Waals surface area contributed by atoms with Gasteiger partial charge in [0.2, 0.25) is 5.60 Å². The van der Waals surface area contributed by atoms with E-state index in [4.69, 9.17) is 0 Å². The van der Waals surface area contributed by atoms with Crippen LogP contribution in [0.5, 0.6) is 0 Å². The Morgan fingerprint density at radius 2 is 1.53 bits per heavy atom. The van der Waals surface area contributed by atoms with E-state index in [9.17, 15) is 28.4 Å². The maximum absolute atomic E-state index is 14.7. The lowest BCUT2D eigenvalue weighted by molar-refractivity contribution is -0.384. The zero-order valence-corrected chi connectivity index (χ0v) is 20.5. The molecule has 1 N–H and O–H groups in total. The largest absolute Gasteiger partial charge is 0.422 e. The van der Waals surface area contributed by atoms with Crippen LogP contribution in [0, 0.1) is 10.1 Å². The maximum Gasteiger partial charge on any atom is 0.422 e. The van der Waals surface area contributed by atoms with Gasteiger partial charge in [0.1, 0.15) is 0 Å². The van der Waals surface area contributed by atoms with E-state index in [0.717, 1.165) is 11.3 Å². The summed E-state index contributed by atoms with van der Waals surface area (Å²) in [5.74, 6) is 0. The predicted molar refractivity (Wildman–Crippen MR) is 139 cm³/mol. The van der Waals surface area contributed by atoms with E-state index < -0.39 is 23.2 Å². The lowest BCUT2D eigenvalue weighted by Crippen LogP contribution is -2.55. The lowest BCUT2D eigenvalue weighted by atomic mass is 9.91. The molecule has 0 saturated carbocycles. The molecule has 0 bridgehead atoms. The number of piperazine rings is 1. The first-order chi connectivity index (χ1) is 18.2. The van der Waals surface area contributed by atoms with Gasteiger partial charge in [-0.2, -0.15) is 13.2 Å². The van der Waals surface area contributed by atoms with E-state index in [0.29, 0.717) is 26.2 Å². The molecule has 3 aromatic carbocycles. The van der Waals surface area contributed by atoms with Gasteiger partial charge in [-0.25, -0.2) is 0 Å². The van der Waals surface area contributed by atoms with Crippen LogP contribution in [0.3, 0.4) is 0 Å². The van der Waals surface area contributed by atoms with Gasteiger partial charge < -0.3 is 14.6 Å². The van der Waals surface area contributed by atoms with Crippen LogP contribution in [0.2, 0.25) is 0 Å². The number of β-amino-alcohol motifs (C(OH)–C–C–N with tert-alkyl or cyclic N) is 1. The minimum Gasteiger partial charge on any atom is -0.375 e. The Bertz CT molecular complexity index is 1420. The molecule has 2 heterocycles. The molecule has 1 aliphatic rings. The second kappa shape index (κ2) is 10.1. The summed E-state index contributed by atoms with van der Waals surface area (Å²) in [7, 11) is 0. The number of anilines is 1. The minimum absolute atomic E-state index is 0.134. The van der Waals surface area contributed by atoms with Gasteiger partial charge in [-0.1, -0.05) is 48.5 Å². The molecule has 0 amide bonds. The molecular weight excluding hydrogens is 497 g/mol. The molecule has 1 fully saturated rings. The first-order valence-electron chi connectivity index (χ1n) is 12.3. The number of aromatic nitrogens is 1.